The summed E-state index contributed by atoms with van der Waals surface area (Å²) in [5, 5.41) is 2.91. The first-order valence-corrected chi connectivity index (χ1v) is 7.77. The zero-order chi connectivity index (χ0) is 15.9. The Morgan fingerprint density at radius 2 is 1.68 bits per heavy atom. The minimum atomic E-state index is 0.0289. The van der Waals surface area contributed by atoms with Crippen molar-refractivity contribution in [3.63, 3.8) is 0 Å². The van der Waals surface area contributed by atoms with Crippen molar-refractivity contribution in [2.24, 2.45) is 5.92 Å². The maximum atomic E-state index is 12.1. The van der Waals surface area contributed by atoms with Gasteiger partial charge in [0.15, 0.2) is 11.5 Å². The van der Waals surface area contributed by atoms with Crippen LogP contribution in [0.1, 0.15) is 38.5 Å². The monoisotopic (exact) mass is 307 g/mol. The molecule has 1 N–H and O–H groups in total. The van der Waals surface area contributed by atoms with Gasteiger partial charge in [0.25, 0.3) is 0 Å². The lowest BCUT2D eigenvalue weighted by atomic mass is 10.0. The summed E-state index contributed by atoms with van der Waals surface area (Å²) >= 11 is 0. The Labute approximate surface area is 131 Å². The molecule has 0 aromatic heterocycles. The molecule has 22 heavy (non-hydrogen) atoms. The lowest BCUT2D eigenvalue weighted by Gasteiger charge is -2.15. The SMILES string of the molecule is COc1cc(NC(=O)CCC2CCCC2)cc(OC)c1OC. The number of amides is 1. The average Bonchev–Trinajstić information content (AvgIpc) is 3.05. The standard InChI is InChI=1S/C17H25NO4/c1-20-14-10-13(11-15(21-2)17(14)22-3)18-16(19)9-8-12-6-4-5-7-12/h10-12H,4-9H2,1-3H3,(H,18,19). The Morgan fingerprint density at radius 3 is 2.18 bits per heavy atom. The summed E-state index contributed by atoms with van der Waals surface area (Å²) in [6.45, 7) is 0. The van der Waals surface area contributed by atoms with Crippen molar-refractivity contribution in [2.45, 2.75) is 38.5 Å². The summed E-state index contributed by atoms with van der Waals surface area (Å²) < 4.78 is 15.8. The van der Waals surface area contributed by atoms with E-state index in [-0.39, 0.29) is 5.91 Å². The highest BCUT2D eigenvalue weighted by Gasteiger charge is 2.17. The third-order valence-electron chi connectivity index (χ3n) is 4.20. The molecule has 0 unspecified atom stereocenters. The number of carbonyl (C=O) groups is 1. The van der Waals surface area contributed by atoms with E-state index in [1.165, 1.54) is 25.7 Å². The third kappa shape index (κ3) is 4.06. The zero-order valence-electron chi connectivity index (χ0n) is 13.6. The van der Waals surface area contributed by atoms with Gasteiger partial charge in [0, 0.05) is 24.2 Å². The second kappa shape index (κ2) is 7.92. The minimum Gasteiger partial charge on any atom is -0.493 e. The van der Waals surface area contributed by atoms with E-state index >= 15 is 0 Å². The molecule has 1 fully saturated rings. The van der Waals surface area contributed by atoms with Crippen LogP contribution in [0.25, 0.3) is 0 Å². The number of carbonyl (C=O) groups excluding carboxylic acids is 1. The molecule has 2 rings (SSSR count). The van der Waals surface area contributed by atoms with Gasteiger partial charge in [-0.1, -0.05) is 25.7 Å². The Morgan fingerprint density at radius 1 is 1.09 bits per heavy atom. The van der Waals surface area contributed by atoms with Gasteiger partial charge in [-0.3, -0.25) is 4.79 Å². The van der Waals surface area contributed by atoms with E-state index in [4.69, 9.17) is 14.2 Å². The van der Waals surface area contributed by atoms with Crippen molar-refractivity contribution in [2.75, 3.05) is 26.6 Å². The number of benzene rings is 1. The van der Waals surface area contributed by atoms with Crippen molar-refractivity contribution in [1.82, 2.24) is 0 Å². The van der Waals surface area contributed by atoms with Crippen LogP contribution in [0.5, 0.6) is 17.2 Å². The number of nitrogens with one attached hydrogen (secondary N) is 1. The second-order valence-electron chi connectivity index (χ2n) is 5.65. The molecule has 1 saturated carbocycles. The molecule has 1 amide bonds. The van der Waals surface area contributed by atoms with Gasteiger partial charge >= 0.3 is 0 Å². The summed E-state index contributed by atoms with van der Waals surface area (Å²) in [5.41, 5.74) is 0.658. The molecule has 1 aliphatic carbocycles. The van der Waals surface area contributed by atoms with E-state index in [0.717, 1.165) is 6.42 Å². The van der Waals surface area contributed by atoms with E-state index in [2.05, 4.69) is 5.32 Å². The van der Waals surface area contributed by atoms with E-state index in [0.29, 0.717) is 35.3 Å². The molecule has 0 bridgehead atoms. The predicted molar refractivity (Wildman–Crippen MR) is 85.9 cm³/mol. The quantitative estimate of drug-likeness (QED) is 0.836. The molecule has 0 heterocycles. The van der Waals surface area contributed by atoms with E-state index < -0.39 is 0 Å². The molecule has 1 aromatic rings. The molecule has 0 radical (unpaired) electrons. The van der Waals surface area contributed by atoms with Crippen molar-refractivity contribution in [3.8, 4) is 17.2 Å². The molecular formula is C17H25NO4. The molecular weight excluding hydrogens is 282 g/mol. The highest BCUT2D eigenvalue weighted by atomic mass is 16.5. The Balaban J connectivity index is 2.00. The summed E-state index contributed by atoms with van der Waals surface area (Å²) in [6.07, 6.45) is 6.66. The fourth-order valence-corrected chi connectivity index (χ4v) is 3.01. The first kappa shape index (κ1) is 16.5. The van der Waals surface area contributed by atoms with Gasteiger partial charge in [-0.25, -0.2) is 0 Å². The number of methoxy groups -OCH3 is 3. The van der Waals surface area contributed by atoms with Crippen LogP contribution >= 0.6 is 0 Å². The normalized spacial score (nSPS) is 14.7. The molecule has 0 saturated heterocycles. The Hall–Kier alpha value is -1.91. The van der Waals surface area contributed by atoms with E-state index in [9.17, 15) is 4.79 Å². The first-order chi connectivity index (χ1) is 10.7. The lowest BCUT2D eigenvalue weighted by molar-refractivity contribution is -0.116. The van der Waals surface area contributed by atoms with E-state index in [1.54, 1.807) is 33.5 Å². The molecule has 1 aromatic carbocycles. The maximum Gasteiger partial charge on any atom is 0.224 e. The van der Waals surface area contributed by atoms with Gasteiger partial charge in [0.05, 0.1) is 21.3 Å². The molecule has 0 spiro atoms. The van der Waals surface area contributed by atoms with Crippen molar-refractivity contribution in [1.29, 1.82) is 0 Å². The van der Waals surface area contributed by atoms with Crippen LogP contribution in [-0.4, -0.2) is 27.2 Å². The van der Waals surface area contributed by atoms with Gasteiger partial charge in [0.2, 0.25) is 11.7 Å². The van der Waals surface area contributed by atoms with Crippen molar-refractivity contribution < 1.29 is 19.0 Å². The number of hydrogen-bond acceptors (Lipinski definition) is 4. The topological polar surface area (TPSA) is 56.8 Å². The highest BCUT2D eigenvalue weighted by molar-refractivity contribution is 5.91. The highest BCUT2D eigenvalue weighted by Crippen LogP contribution is 2.40. The van der Waals surface area contributed by atoms with Crippen LogP contribution in [-0.2, 0) is 4.79 Å². The summed E-state index contributed by atoms with van der Waals surface area (Å²) in [6, 6.07) is 3.49. The number of anilines is 1. The molecule has 5 nitrogen and oxygen atoms in total. The molecule has 0 atom stereocenters. The van der Waals surface area contributed by atoms with Gasteiger partial charge in [0.1, 0.15) is 0 Å². The van der Waals surface area contributed by atoms with Crippen LogP contribution < -0.4 is 19.5 Å². The van der Waals surface area contributed by atoms with Crippen LogP contribution in [0.15, 0.2) is 12.1 Å². The summed E-state index contributed by atoms with van der Waals surface area (Å²) in [5.74, 6) is 2.33. The first-order valence-electron chi connectivity index (χ1n) is 7.77. The number of rotatable bonds is 7. The van der Waals surface area contributed by atoms with Crippen LogP contribution in [0.4, 0.5) is 5.69 Å². The minimum absolute atomic E-state index is 0.0289. The Kier molecular flexibility index (Phi) is 5.92. The Bertz CT molecular complexity index is 484. The smallest absolute Gasteiger partial charge is 0.224 e. The van der Waals surface area contributed by atoms with Gasteiger partial charge < -0.3 is 19.5 Å². The largest absolute Gasteiger partial charge is 0.493 e. The molecule has 122 valence electrons. The van der Waals surface area contributed by atoms with Crippen LogP contribution in [0.3, 0.4) is 0 Å². The number of ether oxygens (including phenoxy) is 3. The summed E-state index contributed by atoms with van der Waals surface area (Å²) in [7, 11) is 4.67. The summed E-state index contributed by atoms with van der Waals surface area (Å²) in [4.78, 5) is 12.1. The van der Waals surface area contributed by atoms with Crippen LogP contribution in [0.2, 0.25) is 0 Å². The van der Waals surface area contributed by atoms with Gasteiger partial charge in [-0.15, -0.1) is 0 Å². The average molecular weight is 307 g/mol. The fourth-order valence-electron chi connectivity index (χ4n) is 3.01. The third-order valence-corrected chi connectivity index (χ3v) is 4.20. The van der Waals surface area contributed by atoms with Crippen molar-refractivity contribution >= 4 is 11.6 Å². The number of hydrogen-bond donors (Lipinski definition) is 1. The second-order valence-corrected chi connectivity index (χ2v) is 5.65. The predicted octanol–water partition coefficient (Wildman–Crippen LogP) is 3.62. The molecule has 5 heteroatoms. The lowest BCUT2D eigenvalue weighted by Crippen LogP contribution is -2.13. The van der Waals surface area contributed by atoms with Crippen LogP contribution in [0, 0.1) is 5.92 Å². The maximum absolute atomic E-state index is 12.1. The van der Waals surface area contributed by atoms with Gasteiger partial charge in [-0.2, -0.15) is 0 Å². The molecule has 0 aliphatic heterocycles. The molecule has 1 aliphatic rings. The zero-order valence-corrected chi connectivity index (χ0v) is 13.6. The van der Waals surface area contributed by atoms with E-state index in [1.807, 2.05) is 0 Å². The van der Waals surface area contributed by atoms with Gasteiger partial charge in [-0.05, 0) is 12.3 Å². The fraction of sp³-hybridized carbons (Fsp3) is 0.588. The van der Waals surface area contributed by atoms with Crippen molar-refractivity contribution in [3.05, 3.63) is 12.1 Å².